The van der Waals surface area contributed by atoms with Crippen LogP contribution in [0.1, 0.15) is 63.0 Å². The molecule has 5 nitrogen and oxygen atoms in total. The molecule has 0 spiro atoms. The lowest BCUT2D eigenvalue weighted by Crippen LogP contribution is -2.39. The third-order valence-corrected chi connectivity index (χ3v) is 5.35. The third-order valence-electron chi connectivity index (χ3n) is 5.35. The fraction of sp³-hybridized carbons (Fsp3) is 0.600. The summed E-state index contributed by atoms with van der Waals surface area (Å²) in [4.78, 5) is 22.7. The van der Waals surface area contributed by atoms with Gasteiger partial charge in [-0.1, -0.05) is 38.3 Å². The number of rotatable bonds is 10. The summed E-state index contributed by atoms with van der Waals surface area (Å²) in [6.07, 6.45) is 5.79. The highest BCUT2D eigenvalue weighted by molar-refractivity contribution is 5.98. The predicted octanol–water partition coefficient (Wildman–Crippen LogP) is 4.17. The van der Waals surface area contributed by atoms with Crippen LogP contribution in [0.5, 0.6) is 0 Å². The molecule has 0 heterocycles. The summed E-state index contributed by atoms with van der Waals surface area (Å²) in [5.74, 6) is -2.78. The van der Waals surface area contributed by atoms with Crippen molar-refractivity contribution >= 4 is 24.3 Å². The minimum absolute atomic E-state index is 0. The summed E-state index contributed by atoms with van der Waals surface area (Å²) in [6, 6.07) is 5.01. The lowest BCUT2D eigenvalue weighted by atomic mass is 9.86. The molecule has 0 bridgehead atoms. The van der Waals surface area contributed by atoms with Gasteiger partial charge >= 0.3 is 11.9 Å². The lowest BCUT2D eigenvalue weighted by Gasteiger charge is -2.19. The SMILES string of the molecule is CCCCCCc1ccc(CNC2CCC(C(=O)O)(C(=O)O)C2)cc1F.Cl. The Morgan fingerprint density at radius 3 is 2.48 bits per heavy atom. The Morgan fingerprint density at radius 2 is 1.93 bits per heavy atom. The molecule has 152 valence electrons. The second-order valence-corrected chi connectivity index (χ2v) is 7.25. The van der Waals surface area contributed by atoms with Crippen molar-refractivity contribution in [3.05, 3.63) is 35.1 Å². The van der Waals surface area contributed by atoms with E-state index in [4.69, 9.17) is 0 Å². The van der Waals surface area contributed by atoms with Gasteiger partial charge in [0.05, 0.1) is 0 Å². The van der Waals surface area contributed by atoms with Gasteiger partial charge < -0.3 is 15.5 Å². The number of aliphatic carboxylic acids is 2. The molecule has 1 aliphatic carbocycles. The number of carboxylic acid groups (broad SMARTS) is 2. The van der Waals surface area contributed by atoms with Gasteiger partial charge in [0.1, 0.15) is 5.82 Å². The second-order valence-electron chi connectivity index (χ2n) is 7.25. The number of unbranched alkanes of at least 4 members (excludes halogenated alkanes) is 3. The first kappa shape index (κ1) is 23.4. The van der Waals surface area contributed by atoms with Crippen LogP contribution in [0.4, 0.5) is 4.39 Å². The van der Waals surface area contributed by atoms with Crippen molar-refractivity contribution in [3.8, 4) is 0 Å². The van der Waals surface area contributed by atoms with Gasteiger partial charge in [-0.05, 0) is 49.3 Å². The van der Waals surface area contributed by atoms with Gasteiger partial charge in [0, 0.05) is 12.6 Å². The molecule has 0 aromatic heterocycles. The molecule has 1 aromatic carbocycles. The van der Waals surface area contributed by atoms with Gasteiger partial charge in [-0.2, -0.15) is 0 Å². The van der Waals surface area contributed by atoms with E-state index >= 15 is 0 Å². The lowest BCUT2D eigenvalue weighted by molar-refractivity contribution is -0.164. The number of hydrogen-bond donors (Lipinski definition) is 3. The molecule has 1 aliphatic rings. The largest absolute Gasteiger partial charge is 0.480 e. The van der Waals surface area contributed by atoms with E-state index in [1.807, 2.05) is 12.1 Å². The average Bonchev–Trinajstić information content (AvgIpc) is 3.04. The summed E-state index contributed by atoms with van der Waals surface area (Å²) >= 11 is 0. The van der Waals surface area contributed by atoms with Crippen LogP contribution in [-0.2, 0) is 22.6 Å². The van der Waals surface area contributed by atoms with E-state index in [1.54, 1.807) is 0 Å². The maximum Gasteiger partial charge on any atom is 0.321 e. The van der Waals surface area contributed by atoms with Crippen molar-refractivity contribution < 1.29 is 24.2 Å². The van der Waals surface area contributed by atoms with Gasteiger partial charge in [-0.25, -0.2) is 4.39 Å². The number of hydrogen-bond acceptors (Lipinski definition) is 3. The van der Waals surface area contributed by atoms with E-state index in [0.29, 0.717) is 13.0 Å². The molecule has 3 N–H and O–H groups in total. The molecule has 1 aromatic rings. The molecular formula is C20H29ClFNO4. The Bertz CT molecular complexity index is 639. The maximum atomic E-state index is 14.2. The molecule has 1 fully saturated rings. The van der Waals surface area contributed by atoms with E-state index in [-0.39, 0.29) is 37.1 Å². The van der Waals surface area contributed by atoms with Crippen LogP contribution in [0, 0.1) is 11.2 Å². The molecule has 7 heteroatoms. The normalized spacial score (nSPS) is 18.1. The van der Waals surface area contributed by atoms with E-state index in [1.165, 1.54) is 12.5 Å². The third kappa shape index (κ3) is 5.91. The highest BCUT2D eigenvalue weighted by Crippen LogP contribution is 2.39. The highest BCUT2D eigenvalue weighted by atomic mass is 35.5. The van der Waals surface area contributed by atoms with Crippen LogP contribution in [-0.4, -0.2) is 28.2 Å². The number of nitrogens with one attached hydrogen (secondary N) is 1. The van der Waals surface area contributed by atoms with Gasteiger partial charge in [0.25, 0.3) is 0 Å². The molecule has 0 amide bonds. The van der Waals surface area contributed by atoms with E-state index < -0.39 is 17.4 Å². The molecule has 2 rings (SSSR count). The Labute approximate surface area is 165 Å². The topological polar surface area (TPSA) is 86.6 Å². The number of benzene rings is 1. The zero-order valence-corrected chi connectivity index (χ0v) is 16.5. The van der Waals surface area contributed by atoms with E-state index in [0.717, 1.165) is 36.8 Å². The maximum absolute atomic E-state index is 14.2. The molecule has 0 saturated heterocycles. The Kier molecular flexibility index (Phi) is 9.19. The first-order chi connectivity index (χ1) is 12.4. The van der Waals surface area contributed by atoms with Crippen LogP contribution >= 0.6 is 12.4 Å². The number of aryl methyl sites for hydroxylation is 1. The summed E-state index contributed by atoms with van der Waals surface area (Å²) in [5.41, 5.74) is -0.199. The molecule has 1 saturated carbocycles. The summed E-state index contributed by atoms with van der Waals surface area (Å²) < 4.78 is 14.2. The van der Waals surface area contributed by atoms with Crippen molar-refractivity contribution in [1.82, 2.24) is 5.32 Å². The van der Waals surface area contributed by atoms with Crippen molar-refractivity contribution in [2.45, 2.75) is 70.9 Å². The van der Waals surface area contributed by atoms with Crippen LogP contribution in [0.15, 0.2) is 18.2 Å². The van der Waals surface area contributed by atoms with Crippen LogP contribution in [0.3, 0.4) is 0 Å². The van der Waals surface area contributed by atoms with Crippen molar-refractivity contribution in [2.24, 2.45) is 5.41 Å². The Morgan fingerprint density at radius 1 is 1.22 bits per heavy atom. The summed E-state index contributed by atoms with van der Waals surface area (Å²) in [7, 11) is 0. The highest BCUT2D eigenvalue weighted by Gasteiger charge is 2.51. The number of carbonyl (C=O) groups is 2. The molecule has 1 atom stereocenters. The fourth-order valence-corrected chi connectivity index (χ4v) is 3.61. The van der Waals surface area contributed by atoms with Gasteiger partial charge in [0.2, 0.25) is 0 Å². The summed E-state index contributed by atoms with van der Waals surface area (Å²) in [6.45, 7) is 2.54. The smallest absolute Gasteiger partial charge is 0.321 e. The van der Waals surface area contributed by atoms with Gasteiger partial charge in [-0.15, -0.1) is 12.4 Å². The minimum atomic E-state index is -1.70. The standard InChI is InChI=1S/C20H28FNO4.ClH/c1-2-3-4-5-6-15-8-7-14(11-17(15)21)13-22-16-9-10-20(12-16,18(23)24)19(25)26;/h7-8,11,16,22H,2-6,9-10,12-13H2,1H3,(H,23,24)(H,25,26);1H. The monoisotopic (exact) mass is 401 g/mol. The molecule has 27 heavy (non-hydrogen) atoms. The summed E-state index contributed by atoms with van der Waals surface area (Å²) in [5, 5.41) is 21.7. The van der Waals surface area contributed by atoms with Crippen LogP contribution < -0.4 is 5.32 Å². The van der Waals surface area contributed by atoms with Crippen LogP contribution in [0.2, 0.25) is 0 Å². The molecule has 0 radical (unpaired) electrons. The number of halogens is 2. The quantitative estimate of drug-likeness (QED) is 0.404. The fourth-order valence-electron chi connectivity index (χ4n) is 3.61. The van der Waals surface area contributed by atoms with Crippen molar-refractivity contribution in [3.63, 3.8) is 0 Å². The predicted molar refractivity (Wildman–Crippen MR) is 104 cm³/mol. The van der Waals surface area contributed by atoms with Crippen molar-refractivity contribution in [1.29, 1.82) is 0 Å². The molecule has 1 unspecified atom stereocenters. The first-order valence-corrected chi connectivity index (χ1v) is 9.36. The zero-order valence-electron chi connectivity index (χ0n) is 15.7. The van der Waals surface area contributed by atoms with E-state index in [9.17, 15) is 24.2 Å². The second kappa shape index (κ2) is 10.6. The zero-order chi connectivity index (χ0) is 19.2. The number of carboxylic acids is 2. The van der Waals surface area contributed by atoms with Gasteiger partial charge in [0.15, 0.2) is 5.41 Å². The first-order valence-electron chi connectivity index (χ1n) is 9.36. The van der Waals surface area contributed by atoms with Crippen molar-refractivity contribution in [2.75, 3.05) is 0 Å². The average molecular weight is 402 g/mol. The molecule has 0 aliphatic heterocycles. The van der Waals surface area contributed by atoms with Gasteiger partial charge in [-0.3, -0.25) is 9.59 Å². The Balaban J connectivity index is 0.00000364. The van der Waals surface area contributed by atoms with Crippen LogP contribution in [0.25, 0.3) is 0 Å². The minimum Gasteiger partial charge on any atom is -0.480 e. The molecular weight excluding hydrogens is 373 g/mol. The van der Waals surface area contributed by atoms with E-state index in [2.05, 4.69) is 12.2 Å². The Hall–Kier alpha value is -1.66.